The number of para-hydroxylation sites is 1. The molecule has 3 aliphatic rings. The molecule has 0 atom stereocenters. The first-order chi connectivity index (χ1) is 41.4. The predicted molar refractivity (Wildman–Crippen MR) is 361 cm³/mol. The van der Waals surface area contributed by atoms with Gasteiger partial charge in [-0.2, -0.15) is 0 Å². The molecule has 3 nitrogen and oxygen atoms in total. The van der Waals surface area contributed by atoms with Gasteiger partial charge in [0.05, 0.1) is 22.2 Å². The Labute approximate surface area is 502 Å². The highest BCUT2D eigenvalue weighted by Gasteiger charge is 2.54. The average Bonchev–Trinajstić information content (AvgIpc) is 1.50. The Morgan fingerprint density at radius 3 is 1.48 bits per heavy atom. The van der Waals surface area contributed by atoms with E-state index in [1.165, 1.54) is 92.5 Å². The minimum atomic E-state index is -0.775. The van der Waals surface area contributed by atoms with Gasteiger partial charge in [-0.05, 0) is 163 Å². The summed E-state index contributed by atoms with van der Waals surface area (Å²) < 4.78 is 10.1. The topological polar surface area (TPSA) is 19.6 Å². The lowest BCUT2D eigenvalue weighted by molar-refractivity contribution is 0.590. The van der Waals surface area contributed by atoms with E-state index >= 15 is 0 Å². The Morgan fingerprint density at radius 1 is 0.424 bits per heavy atom. The van der Waals surface area contributed by atoms with E-state index < -0.39 is 5.41 Å². The Morgan fingerprint density at radius 2 is 0.906 bits per heavy atom. The number of hydrogen-bond acceptors (Lipinski definition) is 4. The van der Waals surface area contributed by atoms with E-state index in [1.54, 1.807) is 0 Å². The van der Waals surface area contributed by atoms with Crippen LogP contribution in [0.4, 0.5) is 34.1 Å². The van der Waals surface area contributed by atoms with Crippen molar-refractivity contribution in [1.29, 1.82) is 0 Å². The van der Waals surface area contributed by atoms with Crippen molar-refractivity contribution in [2.75, 3.05) is 9.80 Å². The first-order valence-corrected chi connectivity index (χ1v) is 30.9. The second-order valence-electron chi connectivity index (χ2n) is 25.4. The molecule has 85 heavy (non-hydrogen) atoms. The van der Waals surface area contributed by atoms with Crippen molar-refractivity contribution in [1.82, 2.24) is 0 Å². The molecule has 2 aromatic heterocycles. The third kappa shape index (κ3) is 7.91. The Balaban J connectivity index is 1.05. The summed E-state index contributed by atoms with van der Waals surface area (Å²) >= 11 is 1.91. The predicted octanol–water partition coefficient (Wildman–Crippen LogP) is 23.2. The van der Waals surface area contributed by atoms with Crippen LogP contribution in [0.25, 0.3) is 81.1 Å². The molecule has 0 amide bonds. The van der Waals surface area contributed by atoms with Gasteiger partial charge in [-0.1, -0.05) is 224 Å². The maximum atomic E-state index is 7.63. The Bertz CT molecular complexity index is 4820. The second kappa shape index (κ2) is 19.3. The van der Waals surface area contributed by atoms with Crippen LogP contribution in [0.2, 0.25) is 0 Å². The summed E-state index contributed by atoms with van der Waals surface area (Å²) in [7, 11) is 0. The molecule has 0 saturated carbocycles. The maximum Gasteiger partial charge on any atom is 0.145 e. The summed E-state index contributed by atoms with van der Waals surface area (Å²) in [5.74, 6) is 0. The van der Waals surface area contributed by atoms with Crippen LogP contribution in [-0.4, -0.2) is 0 Å². The molecule has 11 aromatic carbocycles. The lowest BCUT2D eigenvalue weighted by atomic mass is 9.70. The van der Waals surface area contributed by atoms with Gasteiger partial charge in [-0.25, -0.2) is 0 Å². The molecule has 2 heterocycles. The first kappa shape index (κ1) is 51.2. The molecule has 4 heteroatoms. The average molecular weight is 1110 g/mol. The van der Waals surface area contributed by atoms with Crippen LogP contribution in [0.1, 0.15) is 93.3 Å². The normalized spacial score (nSPS) is 14.0. The second-order valence-corrected chi connectivity index (χ2v) is 26.5. The summed E-state index contributed by atoms with van der Waals surface area (Å²) in [6, 6.07) is 89.2. The summed E-state index contributed by atoms with van der Waals surface area (Å²) in [4.78, 5) is 5.05. The van der Waals surface area contributed by atoms with Gasteiger partial charge in [0.2, 0.25) is 0 Å². The summed E-state index contributed by atoms with van der Waals surface area (Å²) in [6.45, 7) is 13.8. The van der Waals surface area contributed by atoms with E-state index in [9.17, 15) is 0 Å². The van der Waals surface area contributed by atoms with E-state index in [4.69, 9.17) is 4.42 Å². The largest absolute Gasteiger partial charge is 0.455 e. The van der Waals surface area contributed by atoms with Gasteiger partial charge in [0.25, 0.3) is 0 Å². The van der Waals surface area contributed by atoms with Crippen molar-refractivity contribution < 1.29 is 4.42 Å². The number of rotatable bonds is 8. The monoisotopic (exact) mass is 1110 g/mol. The minimum Gasteiger partial charge on any atom is -0.455 e. The number of hydrogen-bond donors (Lipinski definition) is 0. The van der Waals surface area contributed by atoms with Gasteiger partial charge >= 0.3 is 0 Å². The van der Waals surface area contributed by atoms with Gasteiger partial charge in [0, 0.05) is 59.4 Å². The van der Waals surface area contributed by atoms with Gasteiger partial charge in [-0.15, -0.1) is 11.3 Å². The van der Waals surface area contributed by atoms with Crippen molar-refractivity contribution in [3.05, 3.63) is 294 Å². The molecule has 0 aliphatic heterocycles. The summed E-state index contributed by atoms with van der Waals surface area (Å²) in [5, 5.41) is 4.64. The van der Waals surface area contributed by atoms with Crippen LogP contribution in [0.15, 0.2) is 259 Å². The van der Waals surface area contributed by atoms with Gasteiger partial charge < -0.3 is 14.2 Å². The molecule has 3 aliphatic carbocycles. The number of nitrogens with zero attached hydrogens (tertiary/aromatic N) is 2. The standard InChI is InChI=1S/C81H64N2OS/c1-79(2,3)55-37-45-59(46-38-55)82(57-41-33-53(34-42-57)51-21-9-7-10-22-51)69-49-67-75(77-73(69)63-27-15-19-31-71(63)84-77)76-68(81(67)65-29-17-13-25-61(65)62-26-14-18-30-66(62)81)50-70(74-64-28-16-20-32-72(64)85-78(74)76)83(60-47-39-56(40-48-60)80(4,5)6)58-43-35-54(36-44-58)52-23-11-8-12-24-52/h7,9-11,13-50H,8,12H2,1-6H3. The lowest BCUT2D eigenvalue weighted by Crippen LogP contribution is -2.26. The molecule has 16 rings (SSSR count). The molecule has 0 saturated heterocycles. The number of thiophene rings is 1. The molecule has 410 valence electrons. The fourth-order valence-electron chi connectivity index (χ4n) is 14.3. The lowest BCUT2D eigenvalue weighted by Gasteiger charge is -2.34. The molecule has 0 fully saturated rings. The zero-order valence-corrected chi connectivity index (χ0v) is 49.7. The number of fused-ring (bicyclic) bond motifs is 18. The smallest absolute Gasteiger partial charge is 0.145 e. The number of furan rings is 1. The Kier molecular flexibility index (Phi) is 11.6. The highest BCUT2D eigenvalue weighted by atomic mass is 32.1. The van der Waals surface area contributed by atoms with Crippen molar-refractivity contribution in [2.24, 2.45) is 0 Å². The van der Waals surface area contributed by atoms with Crippen LogP contribution >= 0.6 is 11.3 Å². The van der Waals surface area contributed by atoms with E-state index in [0.717, 1.165) is 74.5 Å². The zero-order chi connectivity index (χ0) is 57.3. The van der Waals surface area contributed by atoms with Crippen molar-refractivity contribution in [2.45, 2.75) is 70.6 Å². The van der Waals surface area contributed by atoms with Crippen LogP contribution in [0.5, 0.6) is 0 Å². The number of benzene rings is 11. The SMILES string of the molecule is CC(C)(C)c1ccc(N(c2ccc(-c3ccccc3)cc2)c2cc3c(c4oc5ccccc5c24)-c2c(cc(N(c4ccc(C5=CCCC=C5)cc4)c4ccc(C(C)(C)C)cc4)c4c2sc2ccccc24)C32c3ccccc3-c3ccccc32)cc1. The molecule has 0 bridgehead atoms. The quantitative estimate of drug-likeness (QED) is 0.151. The fourth-order valence-corrected chi connectivity index (χ4v) is 15.6. The van der Waals surface area contributed by atoms with Crippen molar-refractivity contribution in [3.63, 3.8) is 0 Å². The molecule has 1 spiro atoms. The molecule has 13 aromatic rings. The van der Waals surface area contributed by atoms with Crippen LogP contribution < -0.4 is 9.80 Å². The summed E-state index contributed by atoms with van der Waals surface area (Å²) in [5.41, 5.74) is 24.9. The zero-order valence-electron chi connectivity index (χ0n) is 48.9. The van der Waals surface area contributed by atoms with E-state index in [1.807, 2.05) is 11.3 Å². The number of anilines is 6. The van der Waals surface area contributed by atoms with Gasteiger partial charge in [0.15, 0.2) is 0 Å². The minimum absolute atomic E-state index is 0.0179. The molecule has 0 N–H and O–H groups in total. The van der Waals surface area contributed by atoms with E-state index in [0.29, 0.717) is 0 Å². The van der Waals surface area contributed by atoms with E-state index in [-0.39, 0.29) is 10.8 Å². The van der Waals surface area contributed by atoms with Crippen LogP contribution in [-0.2, 0) is 16.2 Å². The molecule has 0 unspecified atom stereocenters. The van der Waals surface area contributed by atoms with Crippen molar-refractivity contribution in [3.8, 4) is 33.4 Å². The van der Waals surface area contributed by atoms with Gasteiger partial charge in [-0.3, -0.25) is 0 Å². The maximum absolute atomic E-state index is 7.63. The number of allylic oxidation sites excluding steroid dienone is 4. The highest BCUT2D eigenvalue weighted by Crippen LogP contribution is 2.68. The van der Waals surface area contributed by atoms with Crippen LogP contribution in [0, 0.1) is 0 Å². The summed E-state index contributed by atoms with van der Waals surface area (Å²) in [6.07, 6.45) is 9.10. The third-order valence-electron chi connectivity index (χ3n) is 18.4. The molecule has 0 radical (unpaired) electrons. The van der Waals surface area contributed by atoms with Gasteiger partial charge in [0.1, 0.15) is 11.2 Å². The fraction of sp³-hybridized carbons (Fsp3) is 0.136. The van der Waals surface area contributed by atoms with E-state index in [2.05, 4.69) is 306 Å². The first-order valence-electron chi connectivity index (χ1n) is 30.0. The molecular formula is C81H64N2OS. The molecular weight excluding hydrogens is 1050 g/mol. The van der Waals surface area contributed by atoms with Crippen LogP contribution in [0.3, 0.4) is 0 Å². The highest BCUT2D eigenvalue weighted by molar-refractivity contribution is 7.26. The third-order valence-corrected chi connectivity index (χ3v) is 19.6. The van der Waals surface area contributed by atoms with Crippen molar-refractivity contribution >= 4 is 93.1 Å². The Hall–Kier alpha value is -9.48.